The molecule has 5 heteroatoms. The normalized spacial score (nSPS) is 29.6. The van der Waals surface area contributed by atoms with Gasteiger partial charge < -0.3 is 19.0 Å². The van der Waals surface area contributed by atoms with Crippen LogP contribution in [0.15, 0.2) is 0 Å². The van der Waals surface area contributed by atoms with Crippen LogP contribution in [0.4, 0.5) is 0 Å². The van der Waals surface area contributed by atoms with Crippen LogP contribution < -0.4 is 0 Å². The summed E-state index contributed by atoms with van der Waals surface area (Å²) in [7, 11) is -1.91. The number of hydrogen-bond acceptors (Lipinski definition) is 4. The summed E-state index contributed by atoms with van der Waals surface area (Å²) in [5.74, 6) is -0.680. The average Bonchev–Trinajstić information content (AvgIpc) is 2.37. The molecule has 0 radical (unpaired) electrons. The first-order valence-corrected chi connectivity index (χ1v) is 9.04. The minimum atomic E-state index is -1.91. The number of aliphatic hydroxyl groups excluding tert-OH is 1. The SMILES string of the molecule is CC1(C)O[C@@H](O[Si](C)(C)C(C)(C)C)[C@H](CO)O1. The Balaban J connectivity index is 2.75. The van der Waals surface area contributed by atoms with Gasteiger partial charge in [0.15, 0.2) is 20.4 Å². The van der Waals surface area contributed by atoms with E-state index in [2.05, 4.69) is 33.9 Å². The van der Waals surface area contributed by atoms with Gasteiger partial charge in [-0.1, -0.05) is 20.8 Å². The van der Waals surface area contributed by atoms with Gasteiger partial charge in [-0.05, 0) is 32.0 Å². The number of rotatable bonds is 3. The van der Waals surface area contributed by atoms with E-state index in [0.717, 1.165) is 0 Å². The number of hydrogen-bond donors (Lipinski definition) is 1. The highest BCUT2D eigenvalue weighted by molar-refractivity contribution is 6.74. The Labute approximate surface area is 105 Å². The Hall–Kier alpha value is 0.0569. The maximum absolute atomic E-state index is 9.30. The second-order valence-electron chi connectivity index (χ2n) is 6.60. The standard InChI is InChI=1S/C12H26O4Si/c1-11(2,3)17(6,7)16-10-9(8-13)14-12(4,5)15-10/h9-10,13H,8H2,1-7H3/t9-,10-/m0/s1. The molecule has 0 amide bonds. The molecule has 1 saturated heterocycles. The van der Waals surface area contributed by atoms with E-state index in [4.69, 9.17) is 13.9 Å². The fraction of sp³-hybridized carbons (Fsp3) is 1.00. The summed E-state index contributed by atoms with van der Waals surface area (Å²) in [6.45, 7) is 14.4. The Morgan fingerprint density at radius 3 is 2.18 bits per heavy atom. The van der Waals surface area contributed by atoms with Crippen LogP contribution in [0, 0.1) is 0 Å². The zero-order chi connectivity index (χ0) is 13.5. The van der Waals surface area contributed by atoms with Gasteiger partial charge in [-0.3, -0.25) is 0 Å². The van der Waals surface area contributed by atoms with E-state index in [0.29, 0.717) is 0 Å². The maximum atomic E-state index is 9.30. The van der Waals surface area contributed by atoms with E-state index in [1.54, 1.807) is 0 Å². The fourth-order valence-corrected chi connectivity index (χ4v) is 2.63. The van der Waals surface area contributed by atoms with E-state index >= 15 is 0 Å². The van der Waals surface area contributed by atoms with E-state index < -0.39 is 20.4 Å². The zero-order valence-electron chi connectivity index (χ0n) is 12.0. The topological polar surface area (TPSA) is 47.9 Å². The lowest BCUT2D eigenvalue weighted by Gasteiger charge is -2.38. The molecule has 1 fully saturated rings. The van der Waals surface area contributed by atoms with Crippen molar-refractivity contribution >= 4 is 8.32 Å². The first-order valence-electron chi connectivity index (χ1n) is 6.13. The molecule has 1 N–H and O–H groups in total. The van der Waals surface area contributed by atoms with Crippen molar-refractivity contribution in [3.8, 4) is 0 Å². The lowest BCUT2D eigenvalue weighted by molar-refractivity contribution is -0.171. The molecule has 2 atom stereocenters. The van der Waals surface area contributed by atoms with Crippen molar-refractivity contribution in [2.24, 2.45) is 0 Å². The summed E-state index contributed by atoms with van der Waals surface area (Å²) in [6.07, 6.45) is -0.852. The average molecular weight is 262 g/mol. The van der Waals surface area contributed by atoms with Gasteiger partial charge in [0.25, 0.3) is 0 Å². The van der Waals surface area contributed by atoms with Gasteiger partial charge in [0.05, 0.1) is 6.61 Å². The molecule has 0 aliphatic carbocycles. The van der Waals surface area contributed by atoms with Crippen molar-refractivity contribution in [2.45, 2.75) is 70.9 Å². The third-order valence-corrected chi connectivity index (χ3v) is 7.97. The van der Waals surface area contributed by atoms with Crippen LogP contribution in [0.2, 0.25) is 18.1 Å². The second-order valence-corrected chi connectivity index (χ2v) is 11.4. The number of aliphatic hydroxyl groups is 1. The van der Waals surface area contributed by atoms with Gasteiger partial charge >= 0.3 is 0 Å². The molecule has 4 nitrogen and oxygen atoms in total. The Bertz CT molecular complexity index is 270. The van der Waals surface area contributed by atoms with E-state index in [1.807, 2.05) is 13.8 Å². The second kappa shape index (κ2) is 4.62. The molecule has 1 aliphatic heterocycles. The van der Waals surface area contributed by atoms with Crippen molar-refractivity contribution in [1.82, 2.24) is 0 Å². The molecule has 0 saturated carbocycles. The van der Waals surface area contributed by atoms with Crippen LogP contribution in [-0.2, 0) is 13.9 Å². The van der Waals surface area contributed by atoms with Crippen molar-refractivity contribution in [3.63, 3.8) is 0 Å². The molecule has 0 aromatic carbocycles. The maximum Gasteiger partial charge on any atom is 0.195 e. The monoisotopic (exact) mass is 262 g/mol. The first kappa shape index (κ1) is 15.1. The third-order valence-electron chi connectivity index (χ3n) is 3.54. The summed E-state index contributed by atoms with van der Waals surface area (Å²) < 4.78 is 17.4. The largest absolute Gasteiger partial charge is 0.393 e. The van der Waals surface area contributed by atoms with Gasteiger partial charge in [-0.2, -0.15) is 0 Å². The lowest BCUT2D eigenvalue weighted by atomic mass is 10.2. The predicted octanol–water partition coefficient (Wildman–Crippen LogP) is 2.48. The first-order chi connectivity index (χ1) is 7.48. The molecule has 0 aromatic rings. The van der Waals surface area contributed by atoms with Crippen molar-refractivity contribution in [1.29, 1.82) is 0 Å². The molecule has 0 bridgehead atoms. The molecular weight excluding hydrogens is 236 g/mol. The van der Waals surface area contributed by atoms with Gasteiger partial charge in [0, 0.05) is 0 Å². The van der Waals surface area contributed by atoms with Crippen LogP contribution in [0.3, 0.4) is 0 Å². The smallest absolute Gasteiger partial charge is 0.195 e. The van der Waals surface area contributed by atoms with Crippen molar-refractivity contribution < 1.29 is 19.0 Å². The molecule has 102 valence electrons. The van der Waals surface area contributed by atoms with Crippen LogP contribution in [0.25, 0.3) is 0 Å². The third kappa shape index (κ3) is 3.51. The highest BCUT2D eigenvalue weighted by Crippen LogP contribution is 2.40. The molecule has 1 aliphatic rings. The van der Waals surface area contributed by atoms with Crippen LogP contribution in [-0.4, -0.2) is 38.2 Å². The summed E-state index contributed by atoms with van der Waals surface area (Å²) in [4.78, 5) is 0. The van der Waals surface area contributed by atoms with Gasteiger partial charge in [-0.25, -0.2) is 0 Å². The molecule has 0 unspecified atom stereocenters. The molecule has 1 heterocycles. The van der Waals surface area contributed by atoms with Crippen LogP contribution >= 0.6 is 0 Å². The molecule has 0 spiro atoms. The molecular formula is C12H26O4Si. The minimum Gasteiger partial charge on any atom is -0.393 e. The van der Waals surface area contributed by atoms with Crippen molar-refractivity contribution in [3.05, 3.63) is 0 Å². The fourth-order valence-electron chi connectivity index (χ4n) is 1.49. The minimum absolute atomic E-state index is 0.0806. The summed E-state index contributed by atoms with van der Waals surface area (Å²) >= 11 is 0. The van der Waals surface area contributed by atoms with E-state index in [9.17, 15) is 5.11 Å². The molecule has 0 aromatic heterocycles. The van der Waals surface area contributed by atoms with Crippen LogP contribution in [0.1, 0.15) is 34.6 Å². The van der Waals surface area contributed by atoms with Gasteiger partial charge in [0.2, 0.25) is 0 Å². The Morgan fingerprint density at radius 1 is 1.24 bits per heavy atom. The zero-order valence-corrected chi connectivity index (χ0v) is 13.0. The van der Waals surface area contributed by atoms with Crippen LogP contribution in [0.5, 0.6) is 0 Å². The molecule has 17 heavy (non-hydrogen) atoms. The highest BCUT2D eigenvalue weighted by Gasteiger charge is 2.47. The summed E-state index contributed by atoms with van der Waals surface area (Å²) in [5.41, 5.74) is 0. The van der Waals surface area contributed by atoms with Crippen molar-refractivity contribution in [2.75, 3.05) is 6.61 Å². The Kier molecular flexibility index (Phi) is 4.11. The van der Waals surface area contributed by atoms with E-state index in [-0.39, 0.29) is 17.7 Å². The highest BCUT2D eigenvalue weighted by atomic mass is 28.4. The quantitative estimate of drug-likeness (QED) is 0.794. The molecule has 1 rings (SSSR count). The Morgan fingerprint density at radius 2 is 1.76 bits per heavy atom. The van der Waals surface area contributed by atoms with Gasteiger partial charge in [0.1, 0.15) is 6.10 Å². The van der Waals surface area contributed by atoms with E-state index in [1.165, 1.54) is 0 Å². The summed E-state index contributed by atoms with van der Waals surface area (Å²) in [5, 5.41) is 9.41. The number of ether oxygens (including phenoxy) is 2. The summed E-state index contributed by atoms with van der Waals surface area (Å²) in [6, 6.07) is 0. The lowest BCUT2D eigenvalue weighted by Crippen LogP contribution is -2.47. The van der Waals surface area contributed by atoms with Gasteiger partial charge in [-0.15, -0.1) is 0 Å². The predicted molar refractivity (Wildman–Crippen MR) is 69.2 cm³/mol.